The molecule has 0 fully saturated rings. The minimum Gasteiger partial charge on any atom is -0.490 e. The number of halogens is 1. The first-order valence-electron chi connectivity index (χ1n) is 4.02. The van der Waals surface area contributed by atoms with Crippen LogP contribution in [0.3, 0.4) is 0 Å². The van der Waals surface area contributed by atoms with Crippen LogP contribution in [0.4, 0.5) is 5.69 Å². The second-order valence-corrected chi connectivity index (χ2v) is 3.10. The lowest BCUT2D eigenvalue weighted by molar-refractivity contribution is -0.385. The minimum atomic E-state index is -0.937. The van der Waals surface area contributed by atoms with Crippen molar-refractivity contribution < 1.29 is 19.2 Å². The van der Waals surface area contributed by atoms with E-state index in [2.05, 4.69) is 0 Å². The highest BCUT2D eigenvalue weighted by Gasteiger charge is 2.21. The largest absolute Gasteiger partial charge is 0.490 e. The molecule has 6 nitrogen and oxygen atoms in total. The van der Waals surface area contributed by atoms with Gasteiger partial charge in [-0.2, -0.15) is 0 Å². The lowest BCUT2D eigenvalue weighted by Crippen LogP contribution is -2.01. The Labute approximate surface area is 94.9 Å². The molecule has 0 saturated heterocycles. The first kappa shape index (κ1) is 12.1. The number of nitrogens with zero attached hydrogens (tertiary/aromatic N) is 1. The molecule has 84 valence electrons. The van der Waals surface area contributed by atoms with Gasteiger partial charge in [0.1, 0.15) is 0 Å². The van der Waals surface area contributed by atoms with Crippen molar-refractivity contribution in [3.05, 3.63) is 33.4 Å². The number of carbonyl (C=O) groups is 2. The Morgan fingerprint density at radius 3 is 2.56 bits per heavy atom. The summed E-state index contributed by atoms with van der Waals surface area (Å²) in [6.07, 6.45) is 0.377. The first-order chi connectivity index (χ1) is 7.51. The molecule has 0 N–H and O–H groups in total. The van der Waals surface area contributed by atoms with E-state index in [0.717, 1.165) is 12.1 Å². The molecule has 0 atom stereocenters. The van der Waals surface area contributed by atoms with Crippen molar-refractivity contribution in [2.24, 2.45) is 0 Å². The van der Waals surface area contributed by atoms with Crippen LogP contribution in [0, 0.1) is 10.1 Å². The molecule has 1 aromatic rings. The smallest absolute Gasteiger partial charge is 0.311 e. The molecule has 1 aromatic carbocycles. The maximum Gasteiger partial charge on any atom is 0.311 e. The number of nitro groups is 1. The molecular formula is C9H6ClNO5. The van der Waals surface area contributed by atoms with Gasteiger partial charge in [-0.15, -0.1) is 0 Å². The van der Waals surface area contributed by atoms with Crippen molar-refractivity contribution in [3.63, 3.8) is 0 Å². The van der Waals surface area contributed by atoms with Crippen LogP contribution in [-0.4, -0.2) is 23.6 Å². The van der Waals surface area contributed by atoms with Crippen LogP contribution in [0.5, 0.6) is 5.75 Å². The first-order valence-corrected chi connectivity index (χ1v) is 4.40. The Kier molecular flexibility index (Phi) is 3.57. The maximum atomic E-state index is 10.9. The molecule has 0 heterocycles. The molecule has 0 bridgehead atoms. The van der Waals surface area contributed by atoms with Gasteiger partial charge in [-0.25, -0.2) is 0 Å². The van der Waals surface area contributed by atoms with Gasteiger partial charge in [0.05, 0.1) is 17.6 Å². The van der Waals surface area contributed by atoms with Gasteiger partial charge in [0.15, 0.2) is 12.0 Å². The standard InChI is InChI=1S/C9H6ClNO5/c1-16-8-2-5(4-12)6(9(10)13)3-7(8)11(14)15/h2-4H,1H3. The van der Waals surface area contributed by atoms with Crippen molar-refractivity contribution in [3.8, 4) is 5.75 Å². The summed E-state index contributed by atoms with van der Waals surface area (Å²) < 4.78 is 4.73. The fourth-order valence-corrected chi connectivity index (χ4v) is 1.32. The van der Waals surface area contributed by atoms with Gasteiger partial charge in [-0.05, 0) is 17.7 Å². The number of ether oxygens (including phenoxy) is 1. The lowest BCUT2D eigenvalue weighted by atomic mass is 10.1. The van der Waals surface area contributed by atoms with Crippen molar-refractivity contribution in [1.29, 1.82) is 0 Å². The number of carbonyl (C=O) groups excluding carboxylic acids is 2. The fraction of sp³-hybridized carbons (Fsp3) is 0.111. The third-order valence-corrected chi connectivity index (χ3v) is 2.09. The Balaban J connectivity index is 3.52. The van der Waals surface area contributed by atoms with Crippen molar-refractivity contribution >= 4 is 28.8 Å². The molecule has 0 amide bonds. The number of benzene rings is 1. The van der Waals surface area contributed by atoms with Crippen LogP contribution in [0.1, 0.15) is 20.7 Å². The highest BCUT2D eigenvalue weighted by Crippen LogP contribution is 2.30. The van der Waals surface area contributed by atoms with Gasteiger partial charge in [0.2, 0.25) is 0 Å². The molecular weight excluding hydrogens is 238 g/mol. The van der Waals surface area contributed by atoms with E-state index in [1.54, 1.807) is 0 Å². The maximum absolute atomic E-state index is 10.9. The summed E-state index contributed by atoms with van der Waals surface area (Å²) in [4.78, 5) is 31.5. The molecule has 7 heteroatoms. The second kappa shape index (κ2) is 4.71. The zero-order chi connectivity index (χ0) is 12.3. The van der Waals surface area contributed by atoms with Gasteiger partial charge in [0.25, 0.3) is 5.24 Å². The summed E-state index contributed by atoms with van der Waals surface area (Å²) in [6.45, 7) is 0. The third kappa shape index (κ3) is 2.17. The zero-order valence-corrected chi connectivity index (χ0v) is 8.85. The van der Waals surface area contributed by atoms with Crippen molar-refractivity contribution in [1.82, 2.24) is 0 Å². The average Bonchev–Trinajstić information content (AvgIpc) is 2.26. The number of rotatable bonds is 4. The summed E-state index contributed by atoms with van der Waals surface area (Å²) >= 11 is 5.20. The van der Waals surface area contributed by atoms with E-state index in [9.17, 15) is 19.7 Å². The SMILES string of the molecule is COc1cc(C=O)c(C(=O)Cl)cc1[N+](=O)[O-]. The summed E-state index contributed by atoms with van der Waals surface area (Å²) in [7, 11) is 1.22. The fourth-order valence-electron chi connectivity index (χ4n) is 1.16. The average molecular weight is 244 g/mol. The normalized spacial score (nSPS) is 9.62. The Bertz CT molecular complexity index is 471. The van der Waals surface area contributed by atoms with Gasteiger partial charge >= 0.3 is 5.69 Å². The summed E-state index contributed by atoms with van der Waals surface area (Å²) in [5.74, 6) is -0.103. The van der Waals surface area contributed by atoms with Crippen LogP contribution in [0.2, 0.25) is 0 Å². The Morgan fingerprint density at radius 1 is 1.56 bits per heavy atom. The second-order valence-electron chi connectivity index (χ2n) is 2.76. The Morgan fingerprint density at radius 2 is 2.19 bits per heavy atom. The minimum absolute atomic E-state index is 0.0533. The van der Waals surface area contributed by atoms with E-state index in [1.807, 2.05) is 0 Å². The van der Waals surface area contributed by atoms with Crippen LogP contribution in [0.25, 0.3) is 0 Å². The topological polar surface area (TPSA) is 86.5 Å². The van der Waals surface area contributed by atoms with E-state index in [4.69, 9.17) is 16.3 Å². The molecule has 0 aliphatic heterocycles. The van der Waals surface area contributed by atoms with E-state index in [1.165, 1.54) is 7.11 Å². The lowest BCUT2D eigenvalue weighted by Gasteiger charge is -2.04. The van der Waals surface area contributed by atoms with E-state index in [0.29, 0.717) is 6.29 Å². The third-order valence-electron chi connectivity index (χ3n) is 1.89. The van der Waals surface area contributed by atoms with Crippen LogP contribution >= 0.6 is 11.6 Å². The summed E-state index contributed by atoms with van der Waals surface area (Å²) in [6, 6.07) is 2.01. The predicted octanol–water partition coefficient (Wildman–Crippen LogP) is 1.79. The molecule has 0 unspecified atom stereocenters. The Hall–Kier alpha value is -1.95. The molecule has 16 heavy (non-hydrogen) atoms. The number of methoxy groups -OCH3 is 1. The van der Waals surface area contributed by atoms with Gasteiger partial charge < -0.3 is 4.74 Å². The highest BCUT2D eigenvalue weighted by atomic mass is 35.5. The molecule has 0 aliphatic carbocycles. The summed E-state index contributed by atoms with van der Waals surface area (Å²) in [5.41, 5.74) is -0.691. The van der Waals surface area contributed by atoms with Crippen molar-refractivity contribution in [2.75, 3.05) is 7.11 Å². The van der Waals surface area contributed by atoms with Gasteiger partial charge in [-0.3, -0.25) is 19.7 Å². The van der Waals surface area contributed by atoms with E-state index >= 15 is 0 Å². The van der Waals surface area contributed by atoms with Crippen LogP contribution in [-0.2, 0) is 0 Å². The molecule has 0 radical (unpaired) electrons. The van der Waals surface area contributed by atoms with E-state index in [-0.39, 0.29) is 16.9 Å². The monoisotopic (exact) mass is 243 g/mol. The van der Waals surface area contributed by atoms with Gasteiger partial charge in [0, 0.05) is 11.6 Å². The number of hydrogen-bond donors (Lipinski definition) is 0. The van der Waals surface area contributed by atoms with Crippen LogP contribution in [0.15, 0.2) is 12.1 Å². The molecule has 0 spiro atoms. The summed E-state index contributed by atoms with van der Waals surface area (Å²) in [5, 5.41) is 9.70. The van der Waals surface area contributed by atoms with Gasteiger partial charge in [-0.1, -0.05) is 0 Å². The highest BCUT2D eigenvalue weighted by molar-refractivity contribution is 6.68. The molecule has 1 rings (SSSR count). The number of aldehydes is 1. The number of nitro benzene ring substituents is 1. The molecule has 0 aromatic heterocycles. The van der Waals surface area contributed by atoms with E-state index < -0.39 is 15.9 Å². The molecule has 0 saturated carbocycles. The zero-order valence-electron chi connectivity index (χ0n) is 8.10. The molecule has 0 aliphatic rings. The quantitative estimate of drug-likeness (QED) is 0.348. The van der Waals surface area contributed by atoms with Crippen LogP contribution < -0.4 is 4.74 Å². The van der Waals surface area contributed by atoms with Crippen molar-refractivity contribution in [2.45, 2.75) is 0 Å². The predicted molar refractivity (Wildman–Crippen MR) is 55.2 cm³/mol. The number of hydrogen-bond acceptors (Lipinski definition) is 5.